The average molecular weight is 478 g/mol. The molecule has 2 N–H and O–H groups in total. The van der Waals surface area contributed by atoms with Crippen LogP contribution < -0.4 is 10.6 Å². The molecule has 1 aliphatic carbocycles. The molecule has 0 fully saturated rings. The van der Waals surface area contributed by atoms with Gasteiger partial charge in [-0.15, -0.1) is 11.3 Å². The molecule has 9 heteroatoms. The Bertz CT molecular complexity index is 1090. The smallest absolute Gasteiger partial charge is 0.256 e. The van der Waals surface area contributed by atoms with E-state index in [-0.39, 0.29) is 16.7 Å². The van der Waals surface area contributed by atoms with Crippen LogP contribution in [-0.2, 0) is 22.9 Å². The van der Waals surface area contributed by atoms with Gasteiger partial charge in [0.1, 0.15) is 5.00 Å². The number of fused-ring (bicyclic) bond motifs is 1. The minimum atomic E-state index is -3.59. The van der Waals surface area contributed by atoms with Crippen LogP contribution in [0.25, 0.3) is 0 Å². The molecular formula is C23H31N3O4S2. The SMILES string of the molecule is CCCCN(C)S(=O)(=O)c1ccc(C(=O)Nc2sc3c(c2C(=O)NC)CCC(C)C3)cc1. The summed E-state index contributed by atoms with van der Waals surface area (Å²) in [6, 6.07) is 5.91. The summed E-state index contributed by atoms with van der Waals surface area (Å²) in [6.45, 7) is 4.65. The van der Waals surface area contributed by atoms with Crippen LogP contribution in [0.5, 0.6) is 0 Å². The van der Waals surface area contributed by atoms with E-state index in [2.05, 4.69) is 17.6 Å². The molecule has 2 amide bonds. The number of carbonyl (C=O) groups excluding carboxylic acids is 2. The Morgan fingerprint density at radius 3 is 2.50 bits per heavy atom. The quantitative estimate of drug-likeness (QED) is 0.603. The van der Waals surface area contributed by atoms with Gasteiger partial charge in [0.15, 0.2) is 0 Å². The lowest BCUT2D eigenvalue weighted by atomic mass is 9.88. The van der Waals surface area contributed by atoms with Crippen molar-refractivity contribution in [2.24, 2.45) is 5.92 Å². The normalized spacial score (nSPS) is 16.0. The van der Waals surface area contributed by atoms with E-state index in [0.29, 0.717) is 28.6 Å². The zero-order valence-corrected chi connectivity index (χ0v) is 20.7. The van der Waals surface area contributed by atoms with Crippen LogP contribution in [0.4, 0.5) is 5.00 Å². The van der Waals surface area contributed by atoms with Crippen molar-refractivity contribution < 1.29 is 18.0 Å². The summed E-state index contributed by atoms with van der Waals surface area (Å²) in [5.41, 5.74) is 1.91. The van der Waals surface area contributed by atoms with E-state index in [1.807, 2.05) is 6.92 Å². The maximum absolute atomic E-state index is 12.9. The van der Waals surface area contributed by atoms with Gasteiger partial charge in [-0.1, -0.05) is 20.3 Å². The van der Waals surface area contributed by atoms with Crippen LogP contribution >= 0.6 is 11.3 Å². The van der Waals surface area contributed by atoms with Crippen molar-refractivity contribution in [2.45, 2.75) is 50.8 Å². The van der Waals surface area contributed by atoms with Gasteiger partial charge in [-0.25, -0.2) is 12.7 Å². The molecule has 1 heterocycles. The fraction of sp³-hybridized carbons (Fsp3) is 0.478. The number of nitrogens with zero attached hydrogens (tertiary/aromatic N) is 1. The van der Waals surface area contributed by atoms with Crippen molar-refractivity contribution in [3.63, 3.8) is 0 Å². The van der Waals surface area contributed by atoms with Gasteiger partial charge in [0.2, 0.25) is 10.0 Å². The van der Waals surface area contributed by atoms with Crippen LogP contribution in [-0.4, -0.2) is 45.2 Å². The molecule has 1 unspecified atom stereocenters. The number of carbonyl (C=O) groups is 2. The van der Waals surface area contributed by atoms with Gasteiger partial charge in [-0.3, -0.25) is 9.59 Å². The van der Waals surface area contributed by atoms with Gasteiger partial charge in [0.05, 0.1) is 10.5 Å². The number of anilines is 1. The first-order valence-corrected chi connectivity index (χ1v) is 13.2. The first-order valence-electron chi connectivity index (χ1n) is 10.9. The molecule has 0 bridgehead atoms. The Kier molecular flexibility index (Phi) is 7.74. The lowest BCUT2D eigenvalue weighted by molar-refractivity contribution is 0.0963. The Hall–Kier alpha value is -2.23. The van der Waals surface area contributed by atoms with E-state index in [0.717, 1.165) is 42.5 Å². The van der Waals surface area contributed by atoms with Crippen molar-refractivity contribution in [3.05, 3.63) is 45.8 Å². The number of thiophene rings is 1. The first kappa shape index (κ1) is 24.4. The maximum atomic E-state index is 12.9. The monoisotopic (exact) mass is 477 g/mol. The van der Waals surface area contributed by atoms with E-state index in [4.69, 9.17) is 0 Å². The summed E-state index contributed by atoms with van der Waals surface area (Å²) in [5.74, 6) is -0.0267. The molecule has 1 aliphatic rings. The number of rotatable bonds is 8. The van der Waals surface area contributed by atoms with Crippen molar-refractivity contribution in [1.82, 2.24) is 9.62 Å². The highest BCUT2D eigenvalue weighted by Gasteiger charge is 2.28. The molecule has 2 aromatic rings. The third-order valence-electron chi connectivity index (χ3n) is 5.84. The van der Waals surface area contributed by atoms with E-state index < -0.39 is 10.0 Å². The molecular weight excluding hydrogens is 446 g/mol. The summed E-state index contributed by atoms with van der Waals surface area (Å²) in [7, 11) is -0.446. The van der Waals surface area contributed by atoms with E-state index in [9.17, 15) is 18.0 Å². The Morgan fingerprint density at radius 1 is 1.19 bits per heavy atom. The van der Waals surface area contributed by atoms with Gasteiger partial charge >= 0.3 is 0 Å². The largest absolute Gasteiger partial charge is 0.355 e. The van der Waals surface area contributed by atoms with Crippen molar-refractivity contribution >= 4 is 38.2 Å². The van der Waals surface area contributed by atoms with Crippen molar-refractivity contribution in [1.29, 1.82) is 0 Å². The minimum absolute atomic E-state index is 0.152. The Balaban J connectivity index is 1.82. The van der Waals surface area contributed by atoms with Gasteiger partial charge in [0, 0.05) is 31.1 Å². The topological polar surface area (TPSA) is 95.6 Å². The van der Waals surface area contributed by atoms with E-state index >= 15 is 0 Å². The van der Waals surface area contributed by atoms with Gasteiger partial charge in [-0.05, 0) is 61.4 Å². The summed E-state index contributed by atoms with van der Waals surface area (Å²) in [4.78, 5) is 26.7. The number of sulfonamides is 1. The zero-order valence-electron chi connectivity index (χ0n) is 19.0. The number of amides is 2. The summed E-state index contributed by atoms with van der Waals surface area (Å²) >= 11 is 1.46. The predicted molar refractivity (Wildman–Crippen MR) is 128 cm³/mol. The molecule has 1 aromatic heterocycles. The van der Waals surface area contributed by atoms with Crippen LogP contribution in [0.1, 0.15) is 64.3 Å². The first-order chi connectivity index (χ1) is 15.2. The molecule has 1 atom stereocenters. The lowest BCUT2D eigenvalue weighted by Crippen LogP contribution is -2.28. The minimum Gasteiger partial charge on any atom is -0.355 e. The van der Waals surface area contributed by atoms with Crippen molar-refractivity contribution in [3.8, 4) is 0 Å². The van der Waals surface area contributed by atoms with Crippen molar-refractivity contribution in [2.75, 3.05) is 26.0 Å². The summed E-state index contributed by atoms with van der Waals surface area (Å²) in [5, 5.41) is 6.10. The van der Waals surface area contributed by atoms with Gasteiger partial charge < -0.3 is 10.6 Å². The Labute approximate surface area is 194 Å². The second kappa shape index (κ2) is 10.1. The number of unbranched alkanes of at least 4 members (excludes halogenated alkanes) is 1. The number of hydrogen-bond donors (Lipinski definition) is 2. The third-order valence-corrected chi connectivity index (χ3v) is 8.88. The van der Waals surface area contributed by atoms with Gasteiger partial charge in [-0.2, -0.15) is 0 Å². The highest BCUT2D eigenvalue weighted by atomic mass is 32.2. The molecule has 32 heavy (non-hydrogen) atoms. The Morgan fingerprint density at radius 2 is 1.88 bits per heavy atom. The second-order valence-corrected chi connectivity index (χ2v) is 11.4. The lowest BCUT2D eigenvalue weighted by Gasteiger charge is -2.18. The highest BCUT2D eigenvalue weighted by molar-refractivity contribution is 7.89. The average Bonchev–Trinajstić information content (AvgIpc) is 3.13. The molecule has 174 valence electrons. The third kappa shape index (κ3) is 5.05. The van der Waals surface area contributed by atoms with Crippen LogP contribution in [0.15, 0.2) is 29.2 Å². The number of benzene rings is 1. The maximum Gasteiger partial charge on any atom is 0.256 e. The standard InChI is InChI=1S/C23H31N3O4S2/c1-5-6-13-26(4)32(29,30)17-10-8-16(9-11-17)21(27)25-23-20(22(28)24-3)18-12-7-15(2)14-19(18)31-23/h8-11,15H,5-7,12-14H2,1-4H3,(H,24,28)(H,25,27). The molecule has 0 radical (unpaired) electrons. The fourth-order valence-electron chi connectivity index (χ4n) is 3.84. The van der Waals surface area contributed by atoms with Crippen LogP contribution in [0.2, 0.25) is 0 Å². The number of hydrogen-bond acceptors (Lipinski definition) is 5. The molecule has 0 saturated carbocycles. The van der Waals surface area contributed by atoms with E-state index in [1.54, 1.807) is 14.1 Å². The van der Waals surface area contributed by atoms with Gasteiger partial charge in [0.25, 0.3) is 11.8 Å². The molecule has 0 saturated heterocycles. The molecule has 1 aromatic carbocycles. The van der Waals surface area contributed by atoms with Crippen LogP contribution in [0.3, 0.4) is 0 Å². The molecule has 3 rings (SSSR count). The second-order valence-electron chi connectivity index (χ2n) is 8.29. The molecule has 0 aliphatic heterocycles. The molecule has 7 nitrogen and oxygen atoms in total. The predicted octanol–water partition coefficient (Wildman–Crippen LogP) is 3.91. The summed E-state index contributed by atoms with van der Waals surface area (Å²) < 4.78 is 26.7. The number of nitrogens with one attached hydrogen (secondary N) is 2. The zero-order chi connectivity index (χ0) is 23.5. The fourth-order valence-corrected chi connectivity index (χ4v) is 6.45. The highest BCUT2D eigenvalue weighted by Crippen LogP contribution is 2.39. The summed E-state index contributed by atoms with van der Waals surface area (Å²) in [6.07, 6.45) is 4.43. The van der Waals surface area contributed by atoms with E-state index in [1.165, 1.54) is 39.9 Å². The molecule has 0 spiro atoms. The van der Waals surface area contributed by atoms with Crippen LogP contribution in [0, 0.1) is 5.92 Å².